The van der Waals surface area contributed by atoms with Gasteiger partial charge in [-0.05, 0) is 43.9 Å². The molecule has 0 saturated heterocycles. The molecule has 0 bridgehead atoms. The fourth-order valence-corrected chi connectivity index (χ4v) is 2.22. The molecule has 0 aliphatic rings. The molecular weight excluding hydrogens is 250 g/mol. The predicted octanol–water partition coefficient (Wildman–Crippen LogP) is 3.74. The summed E-state index contributed by atoms with van der Waals surface area (Å²) in [6.45, 7) is 11.2. The van der Waals surface area contributed by atoms with Gasteiger partial charge in [-0.2, -0.15) is 0 Å². The van der Waals surface area contributed by atoms with Gasteiger partial charge < -0.3 is 14.8 Å². The van der Waals surface area contributed by atoms with Crippen LogP contribution in [-0.4, -0.2) is 26.8 Å². The van der Waals surface area contributed by atoms with Crippen molar-refractivity contribution in [3.63, 3.8) is 0 Å². The second-order valence-corrected chi connectivity index (χ2v) is 5.82. The monoisotopic (exact) mass is 279 g/mol. The van der Waals surface area contributed by atoms with Crippen molar-refractivity contribution in [3.05, 3.63) is 24.3 Å². The second-order valence-electron chi connectivity index (χ2n) is 5.82. The number of rotatable bonds is 9. The standard InChI is InChI=1S/C17H29NO2/c1-6-19-15-9-7-8-10-16(15)20-12-11-17(4,13-18-5)14(2)3/h7-10,14,18H,6,11-13H2,1-5H3. The van der Waals surface area contributed by atoms with Gasteiger partial charge in [-0.25, -0.2) is 0 Å². The topological polar surface area (TPSA) is 30.5 Å². The molecule has 1 N–H and O–H groups in total. The predicted molar refractivity (Wildman–Crippen MR) is 84.6 cm³/mol. The first-order valence-corrected chi connectivity index (χ1v) is 7.52. The summed E-state index contributed by atoms with van der Waals surface area (Å²) in [4.78, 5) is 0. The summed E-state index contributed by atoms with van der Waals surface area (Å²) in [5.74, 6) is 2.28. The number of hydrogen-bond acceptors (Lipinski definition) is 3. The highest BCUT2D eigenvalue weighted by molar-refractivity contribution is 5.39. The summed E-state index contributed by atoms with van der Waals surface area (Å²) >= 11 is 0. The van der Waals surface area contributed by atoms with Crippen molar-refractivity contribution < 1.29 is 9.47 Å². The minimum atomic E-state index is 0.245. The average molecular weight is 279 g/mol. The van der Waals surface area contributed by atoms with Crippen LogP contribution in [0.25, 0.3) is 0 Å². The Bertz CT molecular complexity index is 392. The van der Waals surface area contributed by atoms with Gasteiger partial charge in [0.05, 0.1) is 13.2 Å². The van der Waals surface area contributed by atoms with E-state index in [1.165, 1.54) is 0 Å². The van der Waals surface area contributed by atoms with E-state index in [-0.39, 0.29) is 5.41 Å². The molecular formula is C17H29NO2. The summed E-state index contributed by atoms with van der Waals surface area (Å²) in [5, 5.41) is 3.29. The molecule has 0 spiro atoms. The Morgan fingerprint density at radius 1 is 1.15 bits per heavy atom. The van der Waals surface area contributed by atoms with E-state index in [0.717, 1.165) is 24.5 Å². The Kier molecular flexibility index (Phi) is 6.86. The molecule has 114 valence electrons. The Morgan fingerprint density at radius 2 is 1.75 bits per heavy atom. The van der Waals surface area contributed by atoms with Crippen LogP contribution in [0, 0.1) is 11.3 Å². The van der Waals surface area contributed by atoms with Crippen LogP contribution in [0.3, 0.4) is 0 Å². The van der Waals surface area contributed by atoms with Crippen molar-refractivity contribution in [2.75, 3.05) is 26.8 Å². The molecule has 20 heavy (non-hydrogen) atoms. The first-order valence-electron chi connectivity index (χ1n) is 7.52. The Labute approximate surface area is 123 Å². The fourth-order valence-electron chi connectivity index (χ4n) is 2.22. The summed E-state index contributed by atoms with van der Waals surface area (Å²) in [6, 6.07) is 7.87. The molecule has 1 aromatic rings. The van der Waals surface area contributed by atoms with Crippen LogP contribution in [0.4, 0.5) is 0 Å². The molecule has 0 aromatic heterocycles. The van der Waals surface area contributed by atoms with Gasteiger partial charge in [0.1, 0.15) is 0 Å². The van der Waals surface area contributed by atoms with Gasteiger partial charge in [0.2, 0.25) is 0 Å². The number of nitrogens with one attached hydrogen (secondary N) is 1. The zero-order valence-electron chi connectivity index (χ0n) is 13.5. The van der Waals surface area contributed by atoms with Crippen molar-refractivity contribution >= 4 is 0 Å². The molecule has 0 amide bonds. The third-order valence-corrected chi connectivity index (χ3v) is 4.05. The summed E-state index contributed by atoms with van der Waals surface area (Å²) < 4.78 is 11.5. The Balaban J connectivity index is 2.59. The van der Waals surface area contributed by atoms with Gasteiger partial charge >= 0.3 is 0 Å². The third-order valence-electron chi connectivity index (χ3n) is 4.05. The smallest absolute Gasteiger partial charge is 0.161 e. The Morgan fingerprint density at radius 3 is 2.25 bits per heavy atom. The number of para-hydroxylation sites is 2. The van der Waals surface area contributed by atoms with Crippen LogP contribution in [-0.2, 0) is 0 Å². The molecule has 1 atom stereocenters. The Hall–Kier alpha value is -1.22. The van der Waals surface area contributed by atoms with Gasteiger partial charge in [-0.1, -0.05) is 32.9 Å². The lowest BCUT2D eigenvalue weighted by molar-refractivity contribution is 0.151. The maximum absolute atomic E-state index is 5.93. The van der Waals surface area contributed by atoms with Gasteiger partial charge in [0.25, 0.3) is 0 Å². The molecule has 3 heteroatoms. The van der Waals surface area contributed by atoms with Crippen LogP contribution in [0.5, 0.6) is 11.5 Å². The van der Waals surface area contributed by atoms with Crippen molar-refractivity contribution in [2.24, 2.45) is 11.3 Å². The van der Waals surface area contributed by atoms with Gasteiger partial charge in [-0.3, -0.25) is 0 Å². The average Bonchev–Trinajstić information content (AvgIpc) is 2.41. The van der Waals surface area contributed by atoms with Crippen LogP contribution in [0.15, 0.2) is 24.3 Å². The zero-order chi connectivity index (χ0) is 15.0. The normalized spacial score (nSPS) is 14.1. The number of hydrogen-bond donors (Lipinski definition) is 1. The van der Waals surface area contributed by atoms with E-state index in [2.05, 4.69) is 26.1 Å². The van der Waals surface area contributed by atoms with Crippen LogP contribution in [0.1, 0.15) is 34.1 Å². The van der Waals surface area contributed by atoms with Crippen LogP contribution >= 0.6 is 0 Å². The molecule has 0 fully saturated rings. The quantitative estimate of drug-likeness (QED) is 0.747. The molecule has 0 saturated carbocycles. The molecule has 3 nitrogen and oxygen atoms in total. The van der Waals surface area contributed by atoms with E-state index in [0.29, 0.717) is 19.1 Å². The number of benzene rings is 1. The maximum Gasteiger partial charge on any atom is 0.161 e. The molecule has 0 heterocycles. The van der Waals surface area contributed by atoms with E-state index in [1.807, 2.05) is 38.2 Å². The van der Waals surface area contributed by atoms with Crippen molar-refractivity contribution in [3.8, 4) is 11.5 Å². The minimum absolute atomic E-state index is 0.245. The van der Waals surface area contributed by atoms with Crippen LogP contribution in [0.2, 0.25) is 0 Å². The molecule has 1 unspecified atom stereocenters. The van der Waals surface area contributed by atoms with E-state index < -0.39 is 0 Å². The lowest BCUT2D eigenvalue weighted by Crippen LogP contribution is -2.35. The fraction of sp³-hybridized carbons (Fsp3) is 0.647. The maximum atomic E-state index is 5.93. The third kappa shape index (κ3) is 4.71. The summed E-state index contributed by atoms with van der Waals surface area (Å²) in [6.07, 6.45) is 1.02. The second kappa shape index (κ2) is 8.15. The molecule has 1 aromatic carbocycles. The molecule has 1 rings (SSSR count). The first kappa shape index (κ1) is 16.8. The highest BCUT2D eigenvalue weighted by Crippen LogP contribution is 2.32. The van der Waals surface area contributed by atoms with E-state index in [9.17, 15) is 0 Å². The summed E-state index contributed by atoms with van der Waals surface area (Å²) in [7, 11) is 2.01. The van der Waals surface area contributed by atoms with E-state index in [1.54, 1.807) is 0 Å². The highest BCUT2D eigenvalue weighted by atomic mass is 16.5. The lowest BCUT2D eigenvalue weighted by Gasteiger charge is -2.33. The number of ether oxygens (including phenoxy) is 2. The van der Waals surface area contributed by atoms with Gasteiger partial charge in [0, 0.05) is 6.54 Å². The van der Waals surface area contributed by atoms with E-state index in [4.69, 9.17) is 9.47 Å². The SMILES string of the molecule is CCOc1ccccc1OCCC(C)(CNC)C(C)C. The van der Waals surface area contributed by atoms with Crippen molar-refractivity contribution in [1.82, 2.24) is 5.32 Å². The van der Waals surface area contributed by atoms with Crippen molar-refractivity contribution in [2.45, 2.75) is 34.1 Å². The molecule has 0 aliphatic heterocycles. The zero-order valence-corrected chi connectivity index (χ0v) is 13.5. The first-order chi connectivity index (χ1) is 9.53. The van der Waals surface area contributed by atoms with Crippen LogP contribution < -0.4 is 14.8 Å². The van der Waals surface area contributed by atoms with Crippen molar-refractivity contribution in [1.29, 1.82) is 0 Å². The largest absolute Gasteiger partial charge is 0.490 e. The van der Waals surface area contributed by atoms with Gasteiger partial charge in [0.15, 0.2) is 11.5 Å². The molecule has 0 radical (unpaired) electrons. The highest BCUT2D eigenvalue weighted by Gasteiger charge is 2.27. The minimum Gasteiger partial charge on any atom is -0.490 e. The molecule has 0 aliphatic carbocycles. The van der Waals surface area contributed by atoms with Gasteiger partial charge in [-0.15, -0.1) is 0 Å². The lowest BCUT2D eigenvalue weighted by atomic mass is 9.76. The summed E-state index contributed by atoms with van der Waals surface area (Å²) in [5.41, 5.74) is 0.245. The van der Waals surface area contributed by atoms with E-state index >= 15 is 0 Å².